The summed E-state index contributed by atoms with van der Waals surface area (Å²) in [7, 11) is 1.65. The van der Waals surface area contributed by atoms with Crippen molar-refractivity contribution in [2.24, 2.45) is 29.7 Å². The normalized spacial score (nSPS) is 11.3. The number of anilines is 2. The molecule has 0 aliphatic heterocycles. The molecule has 0 radical (unpaired) electrons. The molecule has 4 aromatic rings. The standard InChI is InChI=1S/C26H20N2O3.C16H30.2C2H6.I2/c1-14-13-19(27-16-9-5-4-6-10-16)22-23-21(17-11-7-8-12-18(17)25(22)30)20(15(2)29)26(31)28(3)24(14)23;1-13(2)11-15(5,6)9-10-16(7,8)12-14(3)4;3*1-2/h4-13,27H,1-3H3;13-14H,11-12H2,1-8H3;2*1-2H3;. The van der Waals surface area contributed by atoms with Crippen molar-refractivity contribution in [3.05, 3.63) is 93.3 Å². The topological polar surface area (TPSA) is 68.2 Å². The molecule has 0 spiro atoms. The van der Waals surface area contributed by atoms with Gasteiger partial charge >= 0.3 is 0 Å². The number of carbonyl (C=O) groups excluding carboxylic acids is 2. The largest absolute Gasteiger partial charge is 0.355 e. The summed E-state index contributed by atoms with van der Waals surface area (Å²) in [5.41, 5.74) is 5.26. The van der Waals surface area contributed by atoms with Gasteiger partial charge in [-0.15, -0.1) is 0 Å². The third-order valence-corrected chi connectivity index (χ3v) is 8.49. The third kappa shape index (κ3) is 12.5. The number of Topliss-reactive ketones (excluding diaryl/α,β-unsaturated/α-hetero) is 1. The van der Waals surface area contributed by atoms with E-state index in [-0.39, 0.29) is 33.5 Å². The second kappa shape index (κ2) is 21.8. The molecule has 1 aromatic heterocycles. The van der Waals surface area contributed by atoms with E-state index in [2.05, 4.69) is 110 Å². The summed E-state index contributed by atoms with van der Waals surface area (Å²) < 4.78 is 1.49. The molecule has 5 rings (SSSR count). The van der Waals surface area contributed by atoms with Crippen molar-refractivity contribution >= 4 is 71.1 Å². The average molecular weight is 945 g/mol. The number of aryl methyl sites for hydroxylation is 2. The van der Waals surface area contributed by atoms with Crippen molar-refractivity contribution in [2.45, 2.75) is 110 Å². The molecule has 3 aromatic carbocycles. The first-order chi connectivity index (χ1) is 24.9. The minimum absolute atomic E-state index is 0.118. The van der Waals surface area contributed by atoms with E-state index in [4.69, 9.17) is 0 Å². The molecule has 0 saturated heterocycles. The molecule has 0 bridgehead atoms. The fourth-order valence-corrected chi connectivity index (χ4v) is 7.11. The van der Waals surface area contributed by atoms with Crippen LogP contribution in [0.5, 0.6) is 0 Å². The van der Waals surface area contributed by atoms with Gasteiger partial charge in [0.2, 0.25) is 0 Å². The van der Waals surface area contributed by atoms with Gasteiger partial charge in [-0.25, -0.2) is 0 Å². The Hall–Kier alpha value is -2.97. The van der Waals surface area contributed by atoms with E-state index in [0.29, 0.717) is 38.8 Å². The van der Waals surface area contributed by atoms with Gasteiger partial charge in [0.1, 0.15) is 0 Å². The van der Waals surface area contributed by atoms with Gasteiger partial charge in [-0.1, -0.05) is 110 Å². The lowest BCUT2D eigenvalue weighted by atomic mass is 9.80. The molecule has 288 valence electrons. The Balaban J connectivity index is 0.000000545. The van der Waals surface area contributed by atoms with Crippen LogP contribution in [0.15, 0.2) is 65.5 Å². The Bertz CT molecular complexity index is 1930. The fraction of sp³-hybridized carbons (Fsp3) is 0.457. The zero-order valence-corrected chi connectivity index (χ0v) is 39.1. The Morgan fingerprint density at radius 2 is 1.23 bits per heavy atom. The first kappa shape index (κ1) is 48.0. The van der Waals surface area contributed by atoms with Crippen molar-refractivity contribution in [2.75, 3.05) is 5.32 Å². The highest BCUT2D eigenvalue weighted by atomic mass is 128. The minimum atomic E-state index is -0.350. The Morgan fingerprint density at radius 3 is 1.68 bits per heavy atom. The van der Waals surface area contributed by atoms with Crippen LogP contribution >= 0.6 is 37.2 Å². The van der Waals surface area contributed by atoms with Gasteiger partial charge in [0.05, 0.1) is 22.3 Å². The van der Waals surface area contributed by atoms with E-state index in [1.165, 1.54) is 24.3 Å². The van der Waals surface area contributed by atoms with E-state index < -0.39 is 0 Å². The number of nitrogens with zero attached hydrogens (tertiary/aromatic N) is 1. The summed E-state index contributed by atoms with van der Waals surface area (Å²) >= 11 is 4.24. The van der Waals surface area contributed by atoms with Gasteiger partial charge in [0.15, 0.2) is 11.6 Å². The van der Waals surface area contributed by atoms with Crippen LogP contribution in [0.3, 0.4) is 0 Å². The van der Waals surface area contributed by atoms with Crippen LogP contribution in [-0.2, 0) is 7.05 Å². The summed E-state index contributed by atoms with van der Waals surface area (Å²) in [5.74, 6) is 7.97. The van der Waals surface area contributed by atoms with Gasteiger partial charge in [-0.2, -0.15) is 0 Å². The van der Waals surface area contributed by atoms with Crippen molar-refractivity contribution in [3.8, 4) is 23.0 Å². The van der Waals surface area contributed by atoms with E-state index in [0.717, 1.165) is 23.1 Å². The maximum Gasteiger partial charge on any atom is 0.262 e. The molecular formula is C46H62I2N2O3. The molecule has 0 amide bonds. The predicted molar refractivity (Wildman–Crippen MR) is 248 cm³/mol. The number of pyridine rings is 1. The number of benzene rings is 3. The number of aromatic nitrogens is 1. The van der Waals surface area contributed by atoms with Gasteiger partial charge in [-0.05, 0) is 95.5 Å². The molecular weight excluding hydrogens is 882 g/mol. The molecule has 7 heteroatoms. The first-order valence-corrected chi connectivity index (χ1v) is 25.1. The zero-order valence-electron chi connectivity index (χ0n) is 34.8. The van der Waals surface area contributed by atoms with Crippen molar-refractivity contribution < 1.29 is 9.59 Å². The summed E-state index contributed by atoms with van der Waals surface area (Å²) in [4.78, 5) is 39.5. The van der Waals surface area contributed by atoms with Gasteiger partial charge in [0.25, 0.3) is 5.56 Å². The number of halogens is 2. The van der Waals surface area contributed by atoms with Crippen molar-refractivity contribution in [3.63, 3.8) is 0 Å². The van der Waals surface area contributed by atoms with Crippen LogP contribution in [0, 0.1) is 41.4 Å². The lowest BCUT2D eigenvalue weighted by Gasteiger charge is -2.26. The van der Waals surface area contributed by atoms with Crippen LogP contribution < -0.4 is 10.9 Å². The van der Waals surface area contributed by atoms with E-state index >= 15 is 0 Å². The number of fused-ring (bicyclic) bond motifs is 2. The smallest absolute Gasteiger partial charge is 0.262 e. The Kier molecular flexibility index (Phi) is 19.8. The molecule has 1 aliphatic carbocycles. The van der Waals surface area contributed by atoms with Crippen LogP contribution in [-0.4, -0.2) is 16.1 Å². The number of carbonyl (C=O) groups is 2. The lowest BCUT2D eigenvalue weighted by molar-refractivity contribution is 0.101. The van der Waals surface area contributed by atoms with Gasteiger partial charge in [-0.3, -0.25) is 14.4 Å². The number of rotatable bonds is 7. The molecule has 1 heterocycles. The van der Waals surface area contributed by atoms with Gasteiger partial charge in [0, 0.05) is 77.3 Å². The second-order valence-corrected chi connectivity index (χ2v) is 15.1. The van der Waals surface area contributed by atoms with Crippen molar-refractivity contribution in [1.29, 1.82) is 0 Å². The number of para-hydroxylation sites is 1. The van der Waals surface area contributed by atoms with Crippen LogP contribution in [0.2, 0.25) is 0 Å². The number of hydrogen-bond acceptors (Lipinski definition) is 4. The number of nitrogens with one attached hydrogen (secondary N) is 1. The molecule has 53 heavy (non-hydrogen) atoms. The number of hydrogen-bond donors (Lipinski definition) is 1. The van der Waals surface area contributed by atoms with Crippen molar-refractivity contribution in [1.82, 2.24) is 4.57 Å². The highest BCUT2D eigenvalue weighted by molar-refractivity contribution is 15.0. The summed E-state index contributed by atoms with van der Waals surface area (Å²) in [6, 6.07) is 18.7. The second-order valence-electron chi connectivity index (χ2n) is 15.1. The monoisotopic (exact) mass is 944 g/mol. The Labute approximate surface area is 343 Å². The highest BCUT2D eigenvalue weighted by Gasteiger charge is 2.33. The predicted octanol–water partition coefficient (Wildman–Crippen LogP) is 14.0. The number of ketones is 2. The molecule has 1 aliphatic rings. The highest BCUT2D eigenvalue weighted by Crippen LogP contribution is 2.44. The third-order valence-electron chi connectivity index (χ3n) is 8.49. The first-order valence-electron chi connectivity index (χ1n) is 18.8. The van der Waals surface area contributed by atoms with Crippen LogP contribution in [0.1, 0.15) is 135 Å². The van der Waals surface area contributed by atoms with E-state index in [9.17, 15) is 14.4 Å². The molecule has 0 atom stereocenters. The quantitative estimate of drug-likeness (QED) is 0.100. The zero-order chi connectivity index (χ0) is 40.8. The summed E-state index contributed by atoms with van der Waals surface area (Å²) in [6.45, 7) is 29.4. The van der Waals surface area contributed by atoms with E-state index in [1.807, 2.05) is 83.1 Å². The Morgan fingerprint density at radius 1 is 0.774 bits per heavy atom. The molecule has 0 saturated carbocycles. The molecule has 5 nitrogen and oxygen atoms in total. The van der Waals surface area contributed by atoms with Crippen LogP contribution in [0.25, 0.3) is 22.0 Å². The summed E-state index contributed by atoms with van der Waals surface area (Å²) in [5, 5.41) is 4.02. The summed E-state index contributed by atoms with van der Waals surface area (Å²) in [6.07, 6.45) is 2.36. The lowest BCUT2D eigenvalue weighted by Crippen LogP contribution is -2.28. The van der Waals surface area contributed by atoms with Crippen LogP contribution in [0.4, 0.5) is 11.4 Å². The average Bonchev–Trinajstić information content (AvgIpc) is 3.10. The molecule has 0 fully saturated rings. The van der Waals surface area contributed by atoms with Gasteiger partial charge < -0.3 is 9.88 Å². The minimum Gasteiger partial charge on any atom is -0.355 e. The SMILES string of the molecule is CC.CC.CC(=O)c1c2c3c(c(Nc4ccccc4)cc(C)c3n(C)c1=O)C(=O)c1ccccc1-2.CC(C)CC(C)(C)C#CC(C)(C)CC(C)C.II. The maximum absolute atomic E-state index is 13.7. The fourth-order valence-electron chi connectivity index (χ4n) is 7.11. The molecule has 1 N–H and O–H groups in total. The van der Waals surface area contributed by atoms with E-state index in [1.54, 1.807) is 19.2 Å². The maximum atomic E-state index is 13.7. The molecule has 0 unspecified atom stereocenters.